The molecule has 0 unspecified atom stereocenters. The van der Waals surface area contributed by atoms with E-state index in [-0.39, 0.29) is 34.7 Å². The lowest BCUT2D eigenvalue weighted by atomic mass is 9.83. The van der Waals surface area contributed by atoms with Crippen LogP contribution in [-0.4, -0.2) is 64.6 Å². The van der Waals surface area contributed by atoms with E-state index in [0.717, 1.165) is 70.6 Å². The van der Waals surface area contributed by atoms with E-state index in [2.05, 4.69) is 36.7 Å². The number of Topliss-reactive ketones (excluding diaryl/α,β-unsaturated/α-hetero) is 1. The third kappa shape index (κ3) is 7.41. The summed E-state index contributed by atoms with van der Waals surface area (Å²) in [5.41, 5.74) is 4.93. The fraction of sp³-hybridized carbons (Fsp3) is 0.839. The Hall–Kier alpha value is -2.65. The minimum absolute atomic E-state index is 0.0477. The quantitative estimate of drug-likeness (QED) is 0.381. The van der Waals surface area contributed by atoms with Gasteiger partial charge in [-0.05, 0) is 49.9 Å². The van der Waals surface area contributed by atoms with Crippen LogP contribution in [0.1, 0.15) is 117 Å². The summed E-state index contributed by atoms with van der Waals surface area (Å²) in [6.45, 7) is 6.69. The molecular weight excluding hydrogens is 522 g/mol. The zero-order valence-corrected chi connectivity index (χ0v) is 25.3. The Labute approximate surface area is 244 Å². The third-order valence-corrected chi connectivity index (χ3v) is 10.3. The van der Waals surface area contributed by atoms with Crippen LogP contribution in [0.2, 0.25) is 0 Å². The number of amides is 5. The van der Waals surface area contributed by atoms with Crippen molar-refractivity contribution in [2.75, 3.05) is 6.54 Å². The van der Waals surface area contributed by atoms with E-state index in [0.29, 0.717) is 25.8 Å². The van der Waals surface area contributed by atoms with Gasteiger partial charge in [-0.1, -0.05) is 84.5 Å². The first kappa shape index (κ1) is 31.3. The molecule has 2 saturated carbocycles. The molecule has 10 heteroatoms. The van der Waals surface area contributed by atoms with Gasteiger partial charge in [0.05, 0.1) is 6.04 Å². The van der Waals surface area contributed by atoms with Gasteiger partial charge in [-0.3, -0.25) is 19.2 Å². The van der Waals surface area contributed by atoms with Gasteiger partial charge >= 0.3 is 6.03 Å². The van der Waals surface area contributed by atoms with Crippen molar-refractivity contribution in [1.29, 1.82) is 0 Å². The fourth-order valence-corrected chi connectivity index (χ4v) is 7.65. The van der Waals surface area contributed by atoms with Crippen molar-refractivity contribution in [3.8, 4) is 0 Å². The number of ketones is 1. The van der Waals surface area contributed by atoms with E-state index in [1.807, 2.05) is 0 Å². The average Bonchev–Trinajstić information content (AvgIpc) is 3.22. The number of carbonyl (C=O) groups is 5. The first-order chi connectivity index (χ1) is 19.4. The molecule has 230 valence electrons. The topological polar surface area (TPSA) is 151 Å². The molecule has 2 aliphatic heterocycles. The second kappa shape index (κ2) is 13.1. The Morgan fingerprint density at radius 2 is 1.41 bits per heavy atom. The Kier molecular flexibility index (Phi) is 10.0. The van der Waals surface area contributed by atoms with Gasteiger partial charge in [-0.2, -0.15) is 0 Å². The van der Waals surface area contributed by atoms with Crippen LogP contribution in [0.5, 0.6) is 0 Å². The number of nitrogens with zero attached hydrogens (tertiary/aromatic N) is 1. The number of piperidine rings is 1. The van der Waals surface area contributed by atoms with Crippen LogP contribution in [0.25, 0.3) is 0 Å². The fourth-order valence-electron chi connectivity index (χ4n) is 7.65. The summed E-state index contributed by atoms with van der Waals surface area (Å²) in [6, 6.07) is -2.83. The maximum Gasteiger partial charge on any atom is 0.315 e. The summed E-state index contributed by atoms with van der Waals surface area (Å²) in [4.78, 5) is 67.1. The van der Waals surface area contributed by atoms with E-state index in [1.54, 1.807) is 4.90 Å². The van der Waals surface area contributed by atoms with E-state index >= 15 is 0 Å². The normalized spacial score (nSPS) is 32.5. The highest BCUT2D eigenvalue weighted by molar-refractivity contribution is 6.37. The second-order valence-corrected chi connectivity index (χ2v) is 13.9. The van der Waals surface area contributed by atoms with Crippen LogP contribution in [-0.2, 0) is 19.2 Å². The van der Waals surface area contributed by atoms with E-state index in [9.17, 15) is 24.0 Å². The number of hydrogen-bond acceptors (Lipinski definition) is 5. The van der Waals surface area contributed by atoms with Crippen molar-refractivity contribution in [1.82, 2.24) is 20.9 Å². The lowest BCUT2D eigenvalue weighted by Crippen LogP contribution is -2.60. The molecule has 4 fully saturated rings. The summed E-state index contributed by atoms with van der Waals surface area (Å²) < 4.78 is 0. The Balaban J connectivity index is 1.55. The van der Waals surface area contributed by atoms with Crippen molar-refractivity contribution in [2.45, 2.75) is 141 Å². The van der Waals surface area contributed by atoms with Crippen LogP contribution in [0.15, 0.2) is 0 Å². The van der Waals surface area contributed by atoms with E-state index in [1.165, 1.54) is 6.42 Å². The predicted molar refractivity (Wildman–Crippen MR) is 156 cm³/mol. The van der Waals surface area contributed by atoms with Gasteiger partial charge in [0.2, 0.25) is 17.6 Å². The molecule has 41 heavy (non-hydrogen) atoms. The molecule has 0 aromatic rings. The number of nitrogens with one attached hydrogen (secondary N) is 3. The minimum Gasteiger partial charge on any atom is -0.363 e. The number of primary amides is 1. The number of nitrogens with two attached hydrogens (primary N) is 1. The number of urea groups is 1. The molecule has 2 saturated heterocycles. The van der Waals surface area contributed by atoms with Crippen molar-refractivity contribution in [3.05, 3.63) is 0 Å². The smallest absolute Gasteiger partial charge is 0.315 e. The zero-order valence-electron chi connectivity index (χ0n) is 25.3. The maximum atomic E-state index is 14.1. The summed E-state index contributed by atoms with van der Waals surface area (Å²) in [5.74, 6) is -2.42. The number of carbonyl (C=O) groups excluding carboxylic acids is 5. The second-order valence-electron chi connectivity index (χ2n) is 13.9. The molecule has 0 aromatic carbocycles. The zero-order chi connectivity index (χ0) is 29.8. The van der Waals surface area contributed by atoms with E-state index in [4.69, 9.17) is 5.73 Å². The third-order valence-electron chi connectivity index (χ3n) is 10.3. The summed E-state index contributed by atoms with van der Waals surface area (Å²) in [7, 11) is 0. The molecule has 2 heterocycles. The van der Waals surface area contributed by atoms with Crippen LogP contribution in [0, 0.1) is 17.3 Å². The van der Waals surface area contributed by atoms with Crippen LogP contribution in [0.3, 0.4) is 0 Å². The Morgan fingerprint density at radius 1 is 0.854 bits per heavy atom. The average molecular weight is 574 g/mol. The van der Waals surface area contributed by atoms with Crippen LogP contribution in [0.4, 0.5) is 4.79 Å². The molecule has 4 aliphatic rings. The highest BCUT2D eigenvalue weighted by Crippen LogP contribution is 2.65. The molecule has 2 aliphatic carbocycles. The maximum absolute atomic E-state index is 14.1. The highest BCUT2D eigenvalue weighted by atomic mass is 16.2. The Morgan fingerprint density at radius 3 is 2.02 bits per heavy atom. The predicted octanol–water partition coefficient (Wildman–Crippen LogP) is 3.31. The highest BCUT2D eigenvalue weighted by Gasteiger charge is 2.69. The van der Waals surface area contributed by atoms with Crippen molar-refractivity contribution in [2.24, 2.45) is 23.0 Å². The van der Waals surface area contributed by atoms with Gasteiger partial charge in [-0.25, -0.2) is 4.79 Å². The molecule has 0 radical (unpaired) electrons. The molecule has 5 atom stereocenters. The van der Waals surface area contributed by atoms with Crippen molar-refractivity contribution < 1.29 is 24.0 Å². The van der Waals surface area contributed by atoms with Gasteiger partial charge in [0, 0.05) is 12.1 Å². The molecule has 4 rings (SSSR count). The summed E-state index contributed by atoms with van der Waals surface area (Å²) in [5, 5.41) is 8.93. The molecule has 0 bridgehead atoms. The van der Waals surface area contributed by atoms with Crippen molar-refractivity contribution >= 4 is 29.5 Å². The first-order valence-corrected chi connectivity index (χ1v) is 16.0. The summed E-state index contributed by atoms with van der Waals surface area (Å²) >= 11 is 0. The SMILES string of the molecule is CC1(NC(=O)N[C@H]2CCCCCCCCCC[C@@H](C(=O)C(N)=O)NC(=O)[C@@H]3[C@H]4[C@@H](CN3C2=O)C4(C)C)CCCCC1. The molecule has 5 amide bonds. The van der Waals surface area contributed by atoms with Gasteiger partial charge in [0.25, 0.3) is 5.91 Å². The lowest BCUT2D eigenvalue weighted by Gasteiger charge is -2.36. The van der Waals surface area contributed by atoms with Gasteiger partial charge in [0.1, 0.15) is 12.1 Å². The monoisotopic (exact) mass is 573 g/mol. The number of fused-ring (bicyclic) bond motifs is 3. The van der Waals surface area contributed by atoms with Crippen LogP contribution < -0.4 is 21.7 Å². The van der Waals surface area contributed by atoms with Gasteiger partial charge in [0.15, 0.2) is 0 Å². The summed E-state index contributed by atoms with van der Waals surface area (Å²) in [6.07, 6.45) is 13.6. The standard InChI is InChI=1S/C31H51N5O5/c1-30(2)20-19-36-24(23(20)30)27(39)33-21(25(37)26(32)38)15-11-8-6-4-5-7-9-12-16-22(28(36)40)34-29(41)35-31(3)17-13-10-14-18-31/h20-24H,4-19H2,1-3H3,(H2,32,38)(H,33,39)(H2,34,35,41)/t20-,21+,22+,23-,24+/m1/s1. The number of hydrogen-bond donors (Lipinski definition) is 4. The van der Waals surface area contributed by atoms with Gasteiger partial charge in [-0.15, -0.1) is 0 Å². The molecule has 0 aromatic heterocycles. The Bertz CT molecular complexity index is 1010. The van der Waals surface area contributed by atoms with E-state index < -0.39 is 35.7 Å². The van der Waals surface area contributed by atoms with Crippen molar-refractivity contribution in [3.63, 3.8) is 0 Å². The molecular formula is C31H51N5O5. The largest absolute Gasteiger partial charge is 0.363 e. The number of rotatable bonds is 4. The molecule has 10 nitrogen and oxygen atoms in total. The molecule has 5 N–H and O–H groups in total. The van der Waals surface area contributed by atoms with Gasteiger partial charge < -0.3 is 26.6 Å². The lowest BCUT2D eigenvalue weighted by molar-refractivity contribution is -0.143. The molecule has 0 spiro atoms. The first-order valence-electron chi connectivity index (χ1n) is 16.0. The minimum atomic E-state index is -1.06. The van der Waals surface area contributed by atoms with Crippen LogP contribution >= 0.6 is 0 Å².